The van der Waals surface area contributed by atoms with Crippen molar-refractivity contribution in [2.75, 3.05) is 27.7 Å². The minimum Gasteiger partial charge on any atom is -0.326 e. The van der Waals surface area contributed by atoms with Crippen LogP contribution in [0.3, 0.4) is 0 Å². The summed E-state index contributed by atoms with van der Waals surface area (Å²) in [7, 11) is -3.88. The number of halogens is 6. The Morgan fingerprint density at radius 3 is 2.37 bits per heavy atom. The van der Waals surface area contributed by atoms with E-state index in [4.69, 9.17) is 11.6 Å². The summed E-state index contributed by atoms with van der Waals surface area (Å²) in [6.45, 7) is -0.135. The standard InChI is InChI=1S/C26H22ClF5N4O4S/c1-41(39,40)35-20-6-3-2-5-15(20)16-12-19(29)23(13-17(16)26(30,31)32)36-10-4-7-22(24(36)37)34-25(38)33-21-9-8-14(27)11-18(21)28/h2-3,5-6,8-9,11-13,22,35H,4,7,10H2,1H3,(H2,33,34,38)/t22-/m1/s1. The van der Waals surface area contributed by atoms with Gasteiger partial charge in [-0.25, -0.2) is 22.0 Å². The van der Waals surface area contributed by atoms with Crippen LogP contribution in [-0.4, -0.2) is 39.2 Å². The number of hydrogen-bond acceptors (Lipinski definition) is 4. The Kier molecular flexibility index (Phi) is 8.45. The zero-order valence-corrected chi connectivity index (χ0v) is 22.7. The zero-order valence-electron chi connectivity index (χ0n) is 21.2. The highest BCUT2D eigenvalue weighted by atomic mass is 35.5. The number of carbonyl (C=O) groups is 2. The molecule has 1 saturated heterocycles. The number of rotatable bonds is 6. The van der Waals surface area contributed by atoms with Crippen molar-refractivity contribution in [1.82, 2.24) is 5.32 Å². The number of carbonyl (C=O) groups excluding carboxylic acids is 2. The number of para-hydroxylation sites is 1. The Labute approximate surface area is 236 Å². The van der Waals surface area contributed by atoms with E-state index in [9.17, 15) is 35.6 Å². The zero-order chi connectivity index (χ0) is 30.1. The molecule has 3 aromatic carbocycles. The third-order valence-corrected chi connectivity index (χ3v) is 6.94. The summed E-state index contributed by atoms with van der Waals surface area (Å²) in [5.74, 6) is -2.88. The first-order valence-electron chi connectivity index (χ1n) is 12.0. The lowest BCUT2D eigenvalue weighted by Gasteiger charge is -2.33. The van der Waals surface area contributed by atoms with E-state index >= 15 is 4.39 Å². The van der Waals surface area contributed by atoms with Gasteiger partial charge in [0.15, 0.2) is 0 Å². The number of anilines is 3. The summed E-state index contributed by atoms with van der Waals surface area (Å²) in [5, 5.41) is 4.65. The minimum atomic E-state index is -5.02. The highest BCUT2D eigenvalue weighted by molar-refractivity contribution is 7.92. The van der Waals surface area contributed by atoms with Crippen LogP contribution in [0.15, 0.2) is 54.6 Å². The second kappa shape index (κ2) is 11.5. The van der Waals surface area contributed by atoms with Crippen LogP contribution in [-0.2, 0) is 21.0 Å². The summed E-state index contributed by atoms with van der Waals surface area (Å²) < 4.78 is 97.8. The van der Waals surface area contributed by atoms with Crippen LogP contribution in [0.2, 0.25) is 5.02 Å². The minimum absolute atomic E-state index is 0.0907. The number of benzene rings is 3. The molecule has 3 N–H and O–H groups in total. The predicted octanol–water partition coefficient (Wildman–Crippen LogP) is 5.99. The molecule has 0 spiro atoms. The van der Waals surface area contributed by atoms with E-state index in [0.717, 1.165) is 17.2 Å². The lowest BCUT2D eigenvalue weighted by Crippen LogP contribution is -2.53. The topological polar surface area (TPSA) is 108 Å². The first-order chi connectivity index (χ1) is 19.1. The van der Waals surface area contributed by atoms with Crippen molar-refractivity contribution < 1.29 is 40.0 Å². The van der Waals surface area contributed by atoms with Crippen molar-refractivity contribution in [1.29, 1.82) is 0 Å². The fraction of sp³-hybridized carbons (Fsp3) is 0.231. The molecule has 1 fully saturated rings. The third kappa shape index (κ3) is 7.06. The molecule has 4 rings (SSSR count). The van der Waals surface area contributed by atoms with Crippen LogP contribution >= 0.6 is 11.6 Å². The summed E-state index contributed by atoms with van der Waals surface area (Å²) in [5.41, 5.74) is -3.28. The van der Waals surface area contributed by atoms with Gasteiger partial charge in [0.1, 0.15) is 17.7 Å². The molecule has 0 saturated carbocycles. The highest BCUT2D eigenvalue weighted by Gasteiger charge is 2.38. The second-order valence-corrected chi connectivity index (χ2v) is 11.4. The Morgan fingerprint density at radius 1 is 1.00 bits per heavy atom. The monoisotopic (exact) mass is 616 g/mol. The van der Waals surface area contributed by atoms with Crippen LogP contribution in [0.1, 0.15) is 18.4 Å². The largest absolute Gasteiger partial charge is 0.417 e. The van der Waals surface area contributed by atoms with Crippen molar-refractivity contribution in [2.45, 2.75) is 25.1 Å². The van der Waals surface area contributed by atoms with Gasteiger partial charge in [0, 0.05) is 17.1 Å². The number of nitrogens with one attached hydrogen (secondary N) is 3. The Balaban J connectivity index is 1.65. The fourth-order valence-corrected chi connectivity index (χ4v) is 5.12. The van der Waals surface area contributed by atoms with Gasteiger partial charge in [0.2, 0.25) is 15.9 Å². The first kappa shape index (κ1) is 30.1. The molecule has 3 amide bonds. The second-order valence-electron chi connectivity index (χ2n) is 9.17. The van der Waals surface area contributed by atoms with Crippen LogP contribution in [0, 0.1) is 11.6 Å². The van der Waals surface area contributed by atoms with E-state index in [1.807, 2.05) is 0 Å². The summed E-state index contributed by atoms with van der Waals surface area (Å²) >= 11 is 5.69. The average Bonchev–Trinajstić information content (AvgIpc) is 2.86. The van der Waals surface area contributed by atoms with E-state index in [1.54, 1.807) is 0 Å². The van der Waals surface area contributed by atoms with Crippen molar-refractivity contribution >= 4 is 50.6 Å². The summed E-state index contributed by atoms with van der Waals surface area (Å²) in [6, 6.07) is 7.53. The van der Waals surface area contributed by atoms with Crippen molar-refractivity contribution in [3.8, 4) is 11.1 Å². The molecule has 0 bridgehead atoms. The van der Waals surface area contributed by atoms with Gasteiger partial charge in [-0.05, 0) is 54.8 Å². The first-order valence-corrected chi connectivity index (χ1v) is 14.2. The number of piperidine rings is 1. The van der Waals surface area contributed by atoms with Gasteiger partial charge in [0.05, 0.1) is 28.9 Å². The van der Waals surface area contributed by atoms with Gasteiger partial charge in [0.25, 0.3) is 0 Å². The highest BCUT2D eigenvalue weighted by Crippen LogP contribution is 2.43. The number of urea groups is 1. The molecule has 0 unspecified atom stereocenters. The van der Waals surface area contributed by atoms with Gasteiger partial charge in [-0.2, -0.15) is 13.2 Å². The predicted molar refractivity (Wildman–Crippen MR) is 144 cm³/mol. The maximum atomic E-state index is 15.4. The molecular formula is C26H22ClF5N4O4S. The van der Waals surface area contributed by atoms with Crippen molar-refractivity contribution in [2.24, 2.45) is 0 Å². The molecule has 15 heteroatoms. The molecule has 1 heterocycles. The van der Waals surface area contributed by atoms with Gasteiger partial charge in [-0.1, -0.05) is 29.8 Å². The lowest BCUT2D eigenvalue weighted by atomic mass is 9.95. The Hall–Kier alpha value is -3.91. The van der Waals surface area contributed by atoms with Gasteiger partial charge < -0.3 is 15.5 Å². The SMILES string of the molecule is CS(=O)(=O)Nc1ccccc1-c1cc(F)c(N2CCC[C@@H](NC(=O)Nc3ccc(Cl)cc3F)C2=O)cc1C(F)(F)F. The number of sulfonamides is 1. The molecule has 3 aromatic rings. The fourth-order valence-electron chi connectivity index (χ4n) is 4.39. The van der Waals surface area contributed by atoms with E-state index in [0.29, 0.717) is 12.1 Å². The van der Waals surface area contributed by atoms with Crippen LogP contribution < -0.4 is 20.3 Å². The summed E-state index contributed by atoms with van der Waals surface area (Å²) in [6.07, 6.45) is -3.90. The molecule has 0 aliphatic carbocycles. The molecule has 1 atom stereocenters. The average molecular weight is 617 g/mol. The van der Waals surface area contributed by atoms with Crippen LogP contribution in [0.25, 0.3) is 11.1 Å². The molecule has 0 radical (unpaired) electrons. The van der Waals surface area contributed by atoms with E-state index < -0.39 is 62.6 Å². The molecule has 218 valence electrons. The van der Waals surface area contributed by atoms with E-state index in [2.05, 4.69) is 15.4 Å². The quantitative estimate of drug-likeness (QED) is 0.296. The van der Waals surface area contributed by atoms with Crippen molar-refractivity contribution in [3.05, 3.63) is 76.8 Å². The maximum absolute atomic E-state index is 15.4. The van der Waals surface area contributed by atoms with Crippen molar-refractivity contribution in [3.63, 3.8) is 0 Å². The molecular weight excluding hydrogens is 595 g/mol. The molecule has 41 heavy (non-hydrogen) atoms. The Morgan fingerprint density at radius 2 is 1.71 bits per heavy atom. The summed E-state index contributed by atoms with van der Waals surface area (Å²) in [4.78, 5) is 26.4. The molecule has 1 aliphatic rings. The van der Waals surface area contributed by atoms with Crippen LogP contribution in [0.4, 0.5) is 43.8 Å². The molecule has 1 aliphatic heterocycles. The number of nitrogens with zero attached hydrogens (tertiary/aromatic N) is 1. The number of hydrogen-bond donors (Lipinski definition) is 3. The third-order valence-electron chi connectivity index (χ3n) is 6.12. The molecule has 8 nitrogen and oxygen atoms in total. The molecule has 0 aromatic heterocycles. The van der Waals surface area contributed by atoms with Gasteiger partial charge in [-0.15, -0.1) is 0 Å². The maximum Gasteiger partial charge on any atom is 0.417 e. The normalized spacial score (nSPS) is 15.9. The smallest absolute Gasteiger partial charge is 0.326 e. The Bertz CT molecular complexity index is 1620. The van der Waals surface area contributed by atoms with E-state index in [1.165, 1.54) is 36.4 Å². The van der Waals surface area contributed by atoms with Crippen LogP contribution in [0.5, 0.6) is 0 Å². The van der Waals surface area contributed by atoms with Gasteiger partial charge in [-0.3, -0.25) is 9.52 Å². The van der Waals surface area contributed by atoms with E-state index in [-0.39, 0.29) is 41.3 Å². The number of alkyl halides is 3. The number of amides is 3. The lowest BCUT2D eigenvalue weighted by molar-refractivity contribution is -0.137. The van der Waals surface area contributed by atoms with Gasteiger partial charge >= 0.3 is 12.2 Å².